The Morgan fingerprint density at radius 1 is 1.40 bits per heavy atom. The van der Waals surface area contributed by atoms with Gasteiger partial charge < -0.3 is 15.2 Å². The third-order valence-corrected chi connectivity index (χ3v) is 5.74. The second-order valence-electron chi connectivity index (χ2n) is 6.06. The maximum Gasteiger partial charge on any atom is 0.211 e. The van der Waals surface area contributed by atoms with Crippen molar-refractivity contribution in [3.63, 3.8) is 0 Å². The first-order valence-electron chi connectivity index (χ1n) is 7.34. The number of hydrogen-bond acceptors (Lipinski definition) is 5. The SMILES string of the molecule is CS(=O)(=O)N1CCCC(CNC2(CO)CCOCC2)C1. The number of nitrogens with zero attached hydrogens (tertiary/aromatic N) is 1. The van der Waals surface area contributed by atoms with Crippen LogP contribution in [-0.2, 0) is 14.8 Å². The van der Waals surface area contributed by atoms with Crippen LogP contribution in [0, 0.1) is 5.92 Å². The number of sulfonamides is 1. The van der Waals surface area contributed by atoms with E-state index in [9.17, 15) is 13.5 Å². The summed E-state index contributed by atoms with van der Waals surface area (Å²) < 4.78 is 30.1. The molecule has 2 saturated heterocycles. The fraction of sp³-hybridized carbons (Fsp3) is 1.00. The fourth-order valence-electron chi connectivity index (χ4n) is 3.01. The van der Waals surface area contributed by atoms with E-state index in [1.807, 2.05) is 0 Å². The fourth-order valence-corrected chi connectivity index (χ4v) is 3.95. The topological polar surface area (TPSA) is 78.9 Å². The zero-order chi connectivity index (χ0) is 14.6. The number of nitrogens with one attached hydrogen (secondary N) is 1. The van der Waals surface area contributed by atoms with Crippen LogP contribution in [0.15, 0.2) is 0 Å². The number of rotatable bonds is 5. The number of aliphatic hydroxyl groups excluding tert-OH is 1. The van der Waals surface area contributed by atoms with Crippen LogP contribution < -0.4 is 5.32 Å². The standard InChI is InChI=1S/C13H26N2O4S/c1-20(17,18)15-6-2-3-12(10-15)9-14-13(11-16)4-7-19-8-5-13/h12,14,16H,2-11H2,1H3. The summed E-state index contributed by atoms with van der Waals surface area (Å²) in [7, 11) is -3.09. The van der Waals surface area contributed by atoms with Gasteiger partial charge in [-0.05, 0) is 38.1 Å². The summed E-state index contributed by atoms with van der Waals surface area (Å²) in [6.45, 7) is 3.44. The van der Waals surface area contributed by atoms with Gasteiger partial charge in [-0.2, -0.15) is 0 Å². The average molecular weight is 306 g/mol. The maximum atomic E-state index is 11.6. The minimum absolute atomic E-state index is 0.110. The highest BCUT2D eigenvalue weighted by molar-refractivity contribution is 7.88. The first-order chi connectivity index (χ1) is 9.45. The lowest BCUT2D eigenvalue weighted by Gasteiger charge is -2.39. The third-order valence-electron chi connectivity index (χ3n) is 4.47. The zero-order valence-electron chi connectivity index (χ0n) is 12.2. The van der Waals surface area contributed by atoms with Crippen LogP contribution in [-0.4, -0.2) is 69.1 Å². The van der Waals surface area contributed by atoms with Gasteiger partial charge in [0, 0.05) is 31.8 Å². The second kappa shape index (κ2) is 6.70. The van der Waals surface area contributed by atoms with Gasteiger partial charge in [-0.15, -0.1) is 0 Å². The van der Waals surface area contributed by atoms with Crippen LogP contribution in [0.4, 0.5) is 0 Å². The summed E-state index contributed by atoms with van der Waals surface area (Å²) >= 11 is 0. The summed E-state index contributed by atoms with van der Waals surface area (Å²) in [5.41, 5.74) is -0.244. The van der Waals surface area contributed by atoms with Gasteiger partial charge in [0.25, 0.3) is 0 Å². The lowest BCUT2D eigenvalue weighted by Crippen LogP contribution is -2.55. The van der Waals surface area contributed by atoms with E-state index < -0.39 is 10.0 Å². The molecule has 0 aromatic heterocycles. The third kappa shape index (κ3) is 4.14. The average Bonchev–Trinajstić information content (AvgIpc) is 2.46. The molecule has 2 rings (SSSR count). The first-order valence-corrected chi connectivity index (χ1v) is 9.19. The van der Waals surface area contributed by atoms with Gasteiger partial charge in [-0.25, -0.2) is 12.7 Å². The van der Waals surface area contributed by atoms with Crippen molar-refractivity contribution in [1.82, 2.24) is 9.62 Å². The van der Waals surface area contributed by atoms with E-state index in [1.165, 1.54) is 6.26 Å². The van der Waals surface area contributed by atoms with E-state index in [4.69, 9.17) is 4.74 Å². The molecule has 2 N–H and O–H groups in total. The molecule has 2 aliphatic heterocycles. The molecule has 0 radical (unpaired) electrons. The lowest BCUT2D eigenvalue weighted by molar-refractivity contribution is 0.00936. The van der Waals surface area contributed by atoms with Gasteiger partial charge >= 0.3 is 0 Å². The molecule has 1 atom stereocenters. The molecule has 118 valence electrons. The molecular weight excluding hydrogens is 280 g/mol. The molecule has 2 heterocycles. The van der Waals surface area contributed by atoms with Crippen LogP contribution >= 0.6 is 0 Å². The molecule has 0 saturated carbocycles. The molecule has 0 spiro atoms. The Morgan fingerprint density at radius 3 is 2.70 bits per heavy atom. The second-order valence-corrected chi connectivity index (χ2v) is 8.04. The van der Waals surface area contributed by atoms with Crippen molar-refractivity contribution < 1.29 is 18.3 Å². The minimum Gasteiger partial charge on any atom is -0.394 e. The van der Waals surface area contributed by atoms with Gasteiger partial charge in [0.1, 0.15) is 0 Å². The van der Waals surface area contributed by atoms with Gasteiger partial charge in [0.05, 0.1) is 12.9 Å². The Morgan fingerprint density at radius 2 is 2.10 bits per heavy atom. The van der Waals surface area contributed by atoms with Crippen LogP contribution in [0.5, 0.6) is 0 Å². The Balaban J connectivity index is 1.86. The van der Waals surface area contributed by atoms with E-state index in [0.29, 0.717) is 32.2 Å². The van der Waals surface area contributed by atoms with Crippen molar-refractivity contribution in [2.75, 3.05) is 45.7 Å². The van der Waals surface area contributed by atoms with Gasteiger partial charge in [0.2, 0.25) is 10.0 Å². The predicted molar refractivity (Wildman–Crippen MR) is 77.0 cm³/mol. The van der Waals surface area contributed by atoms with E-state index in [-0.39, 0.29) is 12.1 Å². The molecular formula is C13H26N2O4S. The van der Waals surface area contributed by atoms with Crippen molar-refractivity contribution in [1.29, 1.82) is 0 Å². The molecule has 6 nitrogen and oxygen atoms in total. The summed E-state index contributed by atoms with van der Waals surface area (Å²) in [5, 5.41) is 13.1. The molecule has 1 unspecified atom stereocenters. The molecule has 2 aliphatic rings. The lowest BCUT2D eigenvalue weighted by atomic mass is 9.89. The first kappa shape index (κ1) is 16.2. The highest BCUT2D eigenvalue weighted by Gasteiger charge is 2.33. The molecule has 0 aromatic carbocycles. The Hall–Kier alpha value is -0.210. The number of hydrogen-bond donors (Lipinski definition) is 2. The quantitative estimate of drug-likeness (QED) is 0.735. The molecule has 7 heteroatoms. The predicted octanol–water partition coefficient (Wildman–Crippen LogP) is -0.211. The van der Waals surface area contributed by atoms with Gasteiger partial charge in [0.15, 0.2) is 0 Å². The molecule has 0 bridgehead atoms. The highest BCUT2D eigenvalue weighted by Crippen LogP contribution is 2.23. The van der Waals surface area contributed by atoms with Crippen LogP contribution in [0.1, 0.15) is 25.7 Å². The van der Waals surface area contributed by atoms with E-state index in [1.54, 1.807) is 4.31 Å². The van der Waals surface area contributed by atoms with Crippen molar-refractivity contribution in [3.8, 4) is 0 Å². The van der Waals surface area contributed by atoms with Crippen molar-refractivity contribution >= 4 is 10.0 Å². The smallest absolute Gasteiger partial charge is 0.211 e. The Bertz CT molecular complexity index is 407. The zero-order valence-corrected chi connectivity index (χ0v) is 13.0. The number of ether oxygens (including phenoxy) is 1. The summed E-state index contributed by atoms with van der Waals surface area (Å²) in [5.74, 6) is 0.324. The minimum atomic E-state index is -3.09. The Labute approximate surface area is 121 Å². The molecule has 0 aromatic rings. The maximum absolute atomic E-state index is 11.6. The largest absolute Gasteiger partial charge is 0.394 e. The van der Waals surface area contributed by atoms with Crippen molar-refractivity contribution in [2.45, 2.75) is 31.2 Å². The van der Waals surface area contributed by atoms with Gasteiger partial charge in [-0.1, -0.05) is 0 Å². The van der Waals surface area contributed by atoms with Crippen molar-refractivity contribution in [3.05, 3.63) is 0 Å². The van der Waals surface area contributed by atoms with Gasteiger partial charge in [-0.3, -0.25) is 0 Å². The van der Waals surface area contributed by atoms with E-state index in [0.717, 1.165) is 32.2 Å². The molecule has 2 fully saturated rings. The highest BCUT2D eigenvalue weighted by atomic mass is 32.2. The summed E-state index contributed by atoms with van der Waals surface area (Å²) in [6.07, 6.45) is 4.85. The van der Waals surface area contributed by atoms with E-state index >= 15 is 0 Å². The van der Waals surface area contributed by atoms with Crippen LogP contribution in [0.2, 0.25) is 0 Å². The molecule has 0 aliphatic carbocycles. The van der Waals surface area contributed by atoms with Crippen LogP contribution in [0.3, 0.4) is 0 Å². The Kier molecular flexibility index (Phi) is 5.42. The normalized spacial score (nSPS) is 28.4. The molecule has 20 heavy (non-hydrogen) atoms. The van der Waals surface area contributed by atoms with E-state index in [2.05, 4.69) is 5.32 Å². The summed E-state index contributed by atoms with van der Waals surface area (Å²) in [6, 6.07) is 0. The summed E-state index contributed by atoms with van der Waals surface area (Å²) in [4.78, 5) is 0. The number of piperidine rings is 1. The number of aliphatic hydroxyl groups is 1. The van der Waals surface area contributed by atoms with Crippen LogP contribution in [0.25, 0.3) is 0 Å². The molecule has 0 amide bonds. The van der Waals surface area contributed by atoms with Crippen molar-refractivity contribution in [2.24, 2.45) is 5.92 Å². The monoisotopic (exact) mass is 306 g/mol.